The lowest BCUT2D eigenvalue weighted by Crippen LogP contribution is -2.13. The number of amides is 1. The van der Waals surface area contributed by atoms with Crippen LogP contribution in [0.3, 0.4) is 0 Å². The molecule has 0 saturated carbocycles. The molecular formula is C16H16N2O2. The van der Waals surface area contributed by atoms with Crippen LogP contribution in [0.5, 0.6) is 0 Å². The zero-order valence-corrected chi connectivity index (χ0v) is 11.3. The van der Waals surface area contributed by atoms with Crippen LogP contribution in [0.2, 0.25) is 0 Å². The van der Waals surface area contributed by atoms with Crippen molar-refractivity contribution in [2.45, 2.75) is 13.3 Å². The highest BCUT2D eigenvalue weighted by Gasteiger charge is 2.14. The number of carbonyl (C=O) groups excluding carboxylic acids is 1. The Labute approximate surface area is 118 Å². The first-order valence-corrected chi connectivity index (χ1v) is 6.42. The number of para-hydroxylation sites is 1. The maximum atomic E-state index is 12.2. The van der Waals surface area contributed by atoms with Gasteiger partial charge in [-0.1, -0.05) is 30.9 Å². The van der Waals surface area contributed by atoms with Crippen molar-refractivity contribution in [1.29, 1.82) is 0 Å². The van der Waals surface area contributed by atoms with Gasteiger partial charge in [0.25, 0.3) is 5.91 Å². The van der Waals surface area contributed by atoms with Gasteiger partial charge in [-0.2, -0.15) is 0 Å². The van der Waals surface area contributed by atoms with Crippen molar-refractivity contribution < 1.29 is 9.21 Å². The van der Waals surface area contributed by atoms with Gasteiger partial charge in [0.05, 0.1) is 24.1 Å². The minimum absolute atomic E-state index is 0.197. The van der Waals surface area contributed by atoms with Crippen LogP contribution < -0.4 is 11.1 Å². The summed E-state index contributed by atoms with van der Waals surface area (Å²) in [6, 6.07) is 9.03. The number of rotatable bonds is 3. The largest absolute Gasteiger partial charge is 0.469 e. The third kappa shape index (κ3) is 3.08. The fourth-order valence-corrected chi connectivity index (χ4v) is 1.85. The third-order valence-electron chi connectivity index (χ3n) is 2.81. The van der Waals surface area contributed by atoms with E-state index in [1.54, 1.807) is 6.07 Å². The van der Waals surface area contributed by atoms with E-state index in [0.717, 1.165) is 5.56 Å². The van der Waals surface area contributed by atoms with Gasteiger partial charge in [0, 0.05) is 12.0 Å². The second-order valence-corrected chi connectivity index (χ2v) is 4.12. The van der Waals surface area contributed by atoms with E-state index in [1.807, 2.05) is 31.2 Å². The van der Waals surface area contributed by atoms with Crippen LogP contribution >= 0.6 is 0 Å². The Morgan fingerprint density at radius 1 is 1.35 bits per heavy atom. The fourth-order valence-electron chi connectivity index (χ4n) is 1.85. The number of hydrogen-bond donors (Lipinski definition) is 2. The molecule has 0 fully saturated rings. The predicted octanol–water partition coefficient (Wildman–Crippen LogP) is 2.40. The quantitative estimate of drug-likeness (QED) is 0.840. The van der Waals surface area contributed by atoms with E-state index >= 15 is 0 Å². The summed E-state index contributed by atoms with van der Waals surface area (Å²) in [6.07, 6.45) is 2.19. The number of anilines is 1. The number of carbonyl (C=O) groups is 1. The Bertz CT molecular complexity index is 662. The molecule has 1 amide bonds. The van der Waals surface area contributed by atoms with Crippen molar-refractivity contribution in [3.8, 4) is 11.8 Å². The number of aryl methyl sites for hydroxylation is 1. The summed E-state index contributed by atoms with van der Waals surface area (Å²) in [7, 11) is 0. The lowest BCUT2D eigenvalue weighted by molar-refractivity contribution is 0.102. The molecule has 3 N–H and O–H groups in total. The molecule has 0 saturated heterocycles. The molecule has 0 aliphatic rings. The Hall–Kier alpha value is -2.51. The van der Waals surface area contributed by atoms with E-state index in [9.17, 15) is 4.79 Å². The first kappa shape index (κ1) is 13.9. The van der Waals surface area contributed by atoms with Gasteiger partial charge in [0.2, 0.25) is 0 Å². The van der Waals surface area contributed by atoms with Crippen molar-refractivity contribution >= 4 is 11.6 Å². The van der Waals surface area contributed by atoms with Crippen LogP contribution in [0.4, 0.5) is 5.69 Å². The highest BCUT2D eigenvalue weighted by Crippen LogP contribution is 2.17. The van der Waals surface area contributed by atoms with Crippen molar-refractivity contribution in [2.24, 2.45) is 5.73 Å². The summed E-state index contributed by atoms with van der Waals surface area (Å²) >= 11 is 0. The van der Waals surface area contributed by atoms with Gasteiger partial charge in [-0.15, -0.1) is 0 Å². The van der Waals surface area contributed by atoms with E-state index in [2.05, 4.69) is 17.2 Å². The first-order valence-electron chi connectivity index (χ1n) is 6.42. The predicted molar refractivity (Wildman–Crippen MR) is 78.4 cm³/mol. The van der Waals surface area contributed by atoms with Gasteiger partial charge >= 0.3 is 0 Å². The smallest absolute Gasteiger partial charge is 0.259 e. The molecule has 0 unspecified atom stereocenters. The molecule has 1 aromatic carbocycles. The van der Waals surface area contributed by atoms with Gasteiger partial charge in [-0.05, 0) is 18.2 Å². The van der Waals surface area contributed by atoms with Crippen LogP contribution in [0.1, 0.15) is 28.6 Å². The second kappa shape index (κ2) is 6.60. The molecule has 0 aliphatic heterocycles. The maximum absolute atomic E-state index is 12.2. The monoisotopic (exact) mass is 268 g/mol. The van der Waals surface area contributed by atoms with Crippen molar-refractivity contribution in [2.75, 3.05) is 11.9 Å². The van der Waals surface area contributed by atoms with Crippen molar-refractivity contribution in [3.63, 3.8) is 0 Å². The van der Waals surface area contributed by atoms with E-state index in [1.165, 1.54) is 6.26 Å². The zero-order valence-electron chi connectivity index (χ0n) is 11.3. The van der Waals surface area contributed by atoms with E-state index in [4.69, 9.17) is 10.2 Å². The second-order valence-electron chi connectivity index (χ2n) is 4.12. The average molecular weight is 268 g/mol. The van der Waals surface area contributed by atoms with E-state index < -0.39 is 0 Å². The SMILES string of the molecule is CCc1occc1C(=O)Nc1ccccc1C#CCN. The highest BCUT2D eigenvalue weighted by atomic mass is 16.3. The summed E-state index contributed by atoms with van der Waals surface area (Å²) in [5.41, 5.74) is 7.33. The number of nitrogens with two attached hydrogens (primary N) is 1. The van der Waals surface area contributed by atoms with Gasteiger partial charge in [0.15, 0.2) is 0 Å². The van der Waals surface area contributed by atoms with Gasteiger partial charge in [-0.25, -0.2) is 0 Å². The minimum Gasteiger partial charge on any atom is -0.469 e. The summed E-state index contributed by atoms with van der Waals surface area (Å²) in [5, 5.41) is 2.85. The Kier molecular flexibility index (Phi) is 4.59. The zero-order chi connectivity index (χ0) is 14.4. The molecule has 20 heavy (non-hydrogen) atoms. The van der Waals surface area contributed by atoms with Crippen LogP contribution in [0.15, 0.2) is 41.0 Å². The summed E-state index contributed by atoms with van der Waals surface area (Å²) in [4.78, 5) is 12.2. The lowest BCUT2D eigenvalue weighted by atomic mass is 10.1. The molecule has 1 heterocycles. The third-order valence-corrected chi connectivity index (χ3v) is 2.81. The van der Waals surface area contributed by atoms with E-state index in [-0.39, 0.29) is 12.5 Å². The molecule has 0 atom stereocenters. The molecule has 102 valence electrons. The van der Waals surface area contributed by atoms with Crippen molar-refractivity contribution in [1.82, 2.24) is 0 Å². The highest BCUT2D eigenvalue weighted by molar-refractivity contribution is 6.05. The lowest BCUT2D eigenvalue weighted by Gasteiger charge is -2.07. The average Bonchev–Trinajstić information content (AvgIpc) is 2.95. The van der Waals surface area contributed by atoms with Gasteiger partial charge in [0.1, 0.15) is 5.76 Å². The molecule has 1 aromatic heterocycles. The van der Waals surface area contributed by atoms with Gasteiger partial charge < -0.3 is 15.5 Å². The molecule has 2 rings (SSSR count). The molecule has 4 nitrogen and oxygen atoms in total. The van der Waals surface area contributed by atoms with Crippen LogP contribution in [0.25, 0.3) is 0 Å². The van der Waals surface area contributed by atoms with Crippen LogP contribution in [-0.4, -0.2) is 12.5 Å². The Morgan fingerprint density at radius 2 is 2.15 bits per heavy atom. The molecule has 0 spiro atoms. The number of hydrogen-bond acceptors (Lipinski definition) is 3. The number of furan rings is 1. The molecule has 0 bridgehead atoms. The Balaban J connectivity index is 2.24. The summed E-state index contributed by atoms with van der Waals surface area (Å²) in [6.45, 7) is 2.22. The molecule has 2 aromatic rings. The number of benzene rings is 1. The molecule has 0 radical (unpaired) electrons. The minimum atomic E-state index is -0.197. The standard InChI is InChI=1S/C16H16N2O2/c1-2-15-13(9-11-20-15)16(19)18-14-8-4-3-6-12(14)7-5-10-17/h3-4,6,8-9,11H,2,10,17H2,1H3,(H,18,19). The maximum Gasteiger partial charge on any atom is 0.259 e. The molecule has 0 aliphatic carbocycles. The van der Waals surface area contributed by atoms with E-state index in [0.29, 0.717) is 23.4 Å². The summed E-state index contributed by atoms with van der Waals surface area (Å²) in [5.74, 6) is 6.20. The number of nitrogens with one attached hydrogen (secondary N) is 1. The van der Waals surface area contributed by atoms with Gasteiger partial charge in [-0.3, -0.25) is 4.79 Å². The topological polar surface area (TPSA) is 68.3 Å². The fraction of sp³-hybridized carbons (Fsp3) is 0.188. The molecular weight excluding hydrogens is 252 g/mol. The summed E-state index contributed by atoms with van der Waals surface area (Å²) < 4.78 is 5.26. The normalized spacial score (nSPS) is 9.70. The van der Waals surface area contributed by atoms with Crippen LogP contribution in [0, 0.1) is 11.8 Å². The van der Waals surface area contributed by atoms with Crippen molar-refractivity contribution in [3.05, 3.63) is 53.5 Å². The molecule has 4 heteroatoms. The Morgan fingerprint density at radius 3 is 2.90 bits per heavy atom. The first-order chi connectivity index (χ1) is 9.76. The van der Waals surface area contributed by atoms with Crippen LogP contribution in [-0.2, 0) is 6.42 Å².